The van der Waals surface area contributed by atoms with E-state index in [1.165, 1.54) is 5.56 Å². The molecule has 3 heteroatoms. The Balaban J connectivity index is 0.00000200. The average molecular weight is 296 g/mol. The van der Waals surface area contributed by atoms with Crippen LogP contribution in [-0.2, 0) is 11.2 Å². The molecule has 1 atom stereocenters. The Morgan fingerprint density at radius 2 is 1.80 bits per heavy atom. The maximum absolute atomic E-state index is 12.5. The lowest BCUT2D eigenvalue weighted by atomic mass is 9.67. The van der Waals surface area contributed by atoms with Gasteiger partial charge in [-0.2, -0.15) is 0 Å². The van der Waals surface area contributed by atoms with Crippen LogP contribution in [0.25, 0.3) is 0 Å². The van der Waals surface area contributed by atoms with Gasteiger partial charge in [0.15, 0.2) is 0 Å². The van der Waals surface area contributed by atoms with Crippen molar-refractivity contribution in [1.29, 1.82) is 0 Å². The van der Waals surface area contributed by atoms with E-state index in [0.29, 0.717) is 18.2 Å². The molecule has 0 saturated carbocycles. The molecule has 112 valence electrons. The fourth-order valence-electron chi connectivity index (χ4n) is 3.59. The number of halogens is 1. The minimum Gasteiger partial charge on any atom is -0.302 e. The molecule has 0 amide bonds. The van der Waals surface area contributed by atoms with Crippen LogP contribution in [0.2, 0.25) is 0 Å². The summed E-state index contributed by atoms with van der Waals surface area (Å²) < 4.78 is 0. The first-order chi connectivity index (χ1) is 9.14. The van der Waals surface area contributed by atoms with E-state index in [1.807, 2.05) is 6.07 Å². The van der Waals surface area contributed by atoms with Crippen molar-refractivity contribution in [2.45, 2.75) is 45.6 Å². The van der Waals surface area contributed by atoms with Crippen molar-refractivity contribution in [1.82, 2.24) is 4.90 Å². The standard InChI is InChI=1S/C17H25NO.ClH/c1-4-17(5-2)15(18(3)12-11-16(17)19)13-14-9-7-6-8-10-14;/h6-10,15H,4-5,11-13H2,1-3H3;1H. The van der Waals surface area contributed by atoms with Crippen molar-refractivity contribution in [2.24, 2.45) is 5.41 Å². The van der Waals surface area contributed by atoms with Gasteiger partial charge in [0.25, 0.3) is 0 Å². The molecule has 1 unspecified atom stereocenters. The number of carbonyl (C=O) groups excluding carboxylic acids is 1. The third-order valence-corrected chi connectivity index (χ3v) is 4.95. The Kier molecular flexibility index (Phi) is 6.22. The monoisotopic (exact) mass is 295 g/mol. The predicted molar refractivity (Wildman–Crippen MR) is 86.5 cm³/mol. The Labute approximate surface area is 129 Å². The van der Waals surface area contributed by atoms with E-state index in [2.05, 4.69) is 50.1 Å². The second-order valence-electron chi connectivity index (χ2n) is 5.72. The van der Waals surface area contributed by atoms with Gasteiger partial charge < -0.3 is 4.90 Å². The number of carbonyl (C=O) groups is 1. The summed E-state index contributed by atoms with van der Waals surface area (Å²) in [5, 5.41) is 0. The minimum absolute atomic E-state index is 0. The fourth-order valence-corrected chi connectivity index (χ4v) is 3.59. The van der Waals surface area contributed by atoms with Crippen LogP contribution < -0.4 is 0 Å². The molecule has 1 fully saturated rings. The van der Waals surface area contributed by atoms with E-state index in [0.717, 1.165) is 25.8 Å². The predicted octanol–water partition coefficient (Wildman–Crippen LogP) is 3.73. The van der Waals surface area contributed by atoms with Crippen molar-refractivity contribution in [3.05, 3.63) is 35.9 Å². The number of hydrogen-bond donors (Lipinski definition) is 0. The summed E-state index contributed by atoms with van der Waals surface area (Å²) in [5.41, 5.74) is 1.18. The van der Waals surface area contributed by atoms with Crippen LogP contribution in [0, 0.1) is 5.41 Å². The Morgan fingerprint density at radius 3 is 2.35 bits per heavy atom. The summed E-state index contributed by atoms with van der Waals surface area (Å²) >= 11 is 0. The summed E-state index contributed by atoms with van der Waals surface area (Å²) in [6.45, 7) is 5.23. The van der Waals surface area contributed by atoms with E-state index in [9.17, 15) is 4.79 Å². The van der Waals surface area contributed by atoms with Crippen LogP contribution in [0.3, 0.4) is 0 Å². The molecule has 0 N–H and O–H groups in total. The number of nitrogens with zero attached hydrogens (tertiary/aromatic N) is 1. The minimum atomic E-state index is -0.150. The van der Waals surface area contributed by atoms with Crippen molar-refractivity contribution in [3.63, 3.8) is 0 Å². The van der Waals surface area contributed by atoms with E-state index in [-0.39, 0.29) is 17.8 Å². The average Bonchev–Trinajstić information content (AvgIpc) is 2.45. The number of likely N-dealkylation sites (tertiary alicyclic amines) is 1. The molecule has 20 heavy (non-hydrogen) atoms. The summed E-state index contributed by atoms with van der Waals surface area (Å²) in [6, 6.07) is 10.9. The molecule has 1 saturated heterocycles. The van der Waals surface area contributed by atoms with Gasteiger partial charge in [0.1, 0.15) is 5.78 Å². The van der Waals surface area contributed by atoms with Crippen molar-refractivity contribution >= 4 is 18.2 Å². The first kappa shape index (κ1) is 17.2. The van der Waals surface area contributed by atoms with Crippen molar-refractivity contribution in [2.75, 3.05) is 13.6 Å². The summed E-state index contributed by atoms with van der Waals surface area (Å²) in [5.74, 6) is 0.469. The zero-order chi connectivity index (χ0) is 13.9. The SMILES string of the molecule is CCC1(CC)C(=O)CCN(C)C1Cc1ccccc1.Cl. The molecule has 0 radical (unpaired) electrons. The largest absolute Gasteiger partial charge is 0.302 e. The van der Waals surface area contributed by atoms with Gasteiger partial charge in [-0.25, -0.2) is 0 Å². The first-order valence-electron chi connectivity index (χ1n) is 7.41. The highest BCUT2D eigenvalue weighted by molar-refractivity contribution is 5.86. The van der Waals surface area contributed by atoms with Crippen LogP contribution >= 0.6 is 12.4 Å². The fraction of sp³-hybridized carbons (Fsp3) is 0.588. The normalized spacial score (nSPS) is 22.4. The highest BCUT2D eigenvalue weighted by atomic mass is 35.5. The Bertz CT molecular complexity index is 428. The smallest absolute Gasteiger partial charge is 0.141 e. The number of ketones is 1. The van der Waals surface area contributed by atoms with Crippen molar-refractivity contribution < 1.29 is 4.79 Å². The second-order valence-corrected chi connectivity index (χ2v) is 5.72. The molecule has 0 bridgehead atoms. The lowest BCUT2D eigenvalue weighted by Gasteiger charge is -2.47. The molecule has 1 aliphatic heterocycles. The topological polar surface area (TPSA) is 20.3 Å². The third-order valence-electron chi connectivity index (χ3n) is 4.95. The van der Waals surface area contributed by atoms with E-state index in [4.69, 9.17) is 0 Å². The molecule has 0 spiro atoms. The molecule has 1 aromatic carbocycles. The van der Waals surface area contributed by atoms with Crippen LogP contribution in [0.15, 0.2) is 30.3 Å². The molecule has 1 aromatic rings. The lowest BCUT2D eigenvalue weighted by molar-refractivity contribution is -0.138. The van der Waals surface area contributed by atoms with Crippen LogP contribution in [0.5, 0.6) is 0 Å². The van der Waals surface area contributed by atoms with Gasteiger partial charge in [0.05, 0.1) is 0 Å². The van der Waals surface area contributed by atoms with E-state index < -0.39 is 0 Å². The van der Waals surface area contributed by atoms with E-state index >= 15 is 0 Å². The summed E-state index contributed by atoms with van der Waals surface area (Å²) in [6.07, 6.45) is 3.59. The highest BCUT2D eigenvalue weighted by Crippen LogP contribution is 2.40. The van der Waals surface area contributed by atoms with E-state index in [1.54, 1.807) is 0 Å². The van der Waals surface area contributed by atoms with Crippen LogP contribution in [0.4, 0.5) is 0 Å². The number of likely N-dealkylation sites (N-methyl/N-ethyl adjacent to an activating group) is 1. The van der Waals surface area contributed by atoms with Crippen LogP contribution in [-0.4, -0.2) is 30.3 Å². The molecule has 1 heterocycles. The maximum Gasteiger partial charge on any atom is 0.141 e. The quantitative estimate of drug-likeness (QED) is 0.843. The Morgan fingerprint density at radius 1 is 1.20 bits per heavy atom. The number of piperidine rings is 1. The number of Topliss-reactive ketones (excluding diaryl/α,β-unsaturated/α-hetero) is 1. The molecular formula is C17H26ClNO. The van der Waals surface area contributed by atoms with Gasteiger partial charge in [0, 0.05) is 24.4 Å². The van der Waals surface area contributed by atoms with Gasteiger partial charge in [-0.1, -0.05) is 44.2 Å². The van der Waals surface area contributed by atoms with Crippen molar-refractivity contribution in [3.8, 4) is 0 Å². The molecule has 0 aromatic heterocycles. The molecule has 0 aliphatic carbocycles. The second kappa shape index (κ2) is 7.24. The van der Waals surface area contributed by atoms with Crippen LogP contribution in [0.1, 0.15) is 38.7 Å². The number of hydrogen-bond acceptors (Lipinski definition) is 2. The molecule has 2 rings (SSSR count). The first-order valence-corrected chi connectivity index (χ1v) is 7.41. The Hall–Kier alpha value is -0.860. The van der Waals surface area contributed by atoms with Gasteiger partial charge in [-0.3, -0.25) is 4.79 Å². The maximum atomic E-state index is 12.5. The summed E-state index contributed by atoms with van der Waals surface area (Å²) in [7, 11) is 2.17. The molecule has 2 nitrogen and oxygen atoms in total. The van der Waals surface area contributed by atoms with Gasteiger partial charge in [0.2, 0.25) is 0 Å². The highest BCUT2D eigenvalue weighted by Gasteiger charge is 2.46. The lowest BCUT2D eigenvalue weighted by Crippen LogP contribution is -2.56. The molecule has 1 aliphatic rings. The zero-order valence-corrected chi connectivity index (χ0v) is 13.6. The van der Waals surface area contributed by atoms with Gasteiger partial charge in [-0.15, -0.1) is 12.4 Å². The summed E-state index contributed by atoms with van der Waals surface area (Å²) in [4.78, 5) is 14.9. The number of benzene rings is 1. The molecular weight excluding hydrogens is 270 g/mol. The third kappa shape index (κ3) is 3.07. The number of rotatable bonds is 4. The van der Waals surface area contributed by atoms with Gasteiger partial charge in [-0.05, 0) is 31.9 Å². The van der Waals surface area contributed by atoms with Gasteiger partial charge >= 0.3 is 0 Å². The zero-order valence-electron chi connectivity index (χ0n) is 12.8.